The zero-order valence-electron chi connectivity index (χ0n) is 22.7. The second-order valence-electron chi connectivity index (χ2n) is 9.82. The molecule has 4 aromatic rings. The number of amides is 1. The number of carbonyl (C=O) groups is 1. The number of nitrogens with one attached hydrogen (secondary N) is 2. The molecule has 1 aliphatic heterocycles. The molecule has 210 valence electrons. The van der Waals surface area contributed by atoms with Crippen LogP contribution < -0.4 is 14.9 Å². The van der Waals surface area contributed by atoms with Crippen molar-refractivity contribution in [3.05, 3.63) is 120 Å². The largest absolute Gasteiger partial charge is 0.352 e. The fourth-order valence-electron chi connectivity index (χ4n) is 4.68. The van der Waals surface area contributed by atoms with E-state index in [4.69, 9.17) is 4.99 Å². The van der Waals surface area contributed by atoms with Gasteiger partial charge in [0.1, 0.15) is 5.82 Å². The number of guanidine groups is 1. The molecule has 8 nitrogen and oxygen atoms in total. The Labute approximate surface area is 239 Å². The number of carbonyl (C=O) groups excluding carboxylic acids is 1. The van der Waals surface area contributed by atoms with Crippen molar-refractivity contribution in [2.75, 3.05) is 23.7 Å². The number of para-hydroxylation sites is 2. The van der Waals surface area contributed by atoms with Gasteiger partial charge in [-0.15, -0.1) is 0 Å². The first kappa shape index (κ1) is 27.9. The van der Waals surface area contributed by atoms with E-state index in [2.05, 4.69) is 14.9 Å². The van der Waals surface area contributed by atoms with Crippen molar-refractivity contribution >= 4 is 39.0 Å². The number of hydrogen-bond donors (Lipinski definition) is 2. The van der Waals surface area contributed by atoms with Crippen LogP contribution >= 0.6 is 0 Å². The quantitative estimate of drug-likeness (QED) is 0.294. The van der Waals surface area contributed by atoms with E-state index in [1.807, 2.05) is 73.6 Å². The predicted molar refractivity (Wildman–Crippen MR) is 159 cm³/mol. The molecule has 1 atom stereocenters. The normalized spacial score (nSPS) is 14.6. The summed E-state index contributed by atoms with van der Waals surface area (Å²) < 4.78 is 40.8. The number of fused-ring (bicyclic) bond motifs is 1. The van der Waals surface area contributed by atoms with Gasteiger partial charge in [0.15, 0.2) is 0 Å². The molecule has 0 saturated carbocycles. The molecular weight excluding hydrogens is 541 g/mol. The Kier molecular flexibility index (Phi) is 8.02. The van der Waals surface area contributed by atoms with Gasteiger partial charge in [-0.3, -0.25) is 9.52 Å². The Balaban J connectivity index is 1.28. The number of rotatable bonds is 8. The average molecular weight is 572 g/mol. The van der Waals surface area contributed by atoms with E-state index in [1.165, 1.54) is 12.1 Å². The number of hydrogen-bond acceptors (Lipinski definition) is 6. The summed E-state index contributed by atoms with van der Waals surface area (Å²) in [6.07, 6.45) is 0.203. The van der Waals surface area contributed by atoms with E-state index in [9.17, 15) is 17.6 Å². The molecule has 1 unspecified atom stereocenters. The highest BCUT2D eigenvalue weighted by Crippen LogP contribution is 2.40. The molecule has 10 heteroatoms. The Bertz CT molecular complexity index is 1660. The van der Waals surface area contributed by atoms with E-state index in [0.29, 0.717) is 5.69 Å². The van der Waals surface area contributed by atoms with Gasteiger partial charge in [-0.05, 0) is 60.2 Å². The molecule has 0 aromatic heterocycles. The third-order valence-electron chi connectivity index (χ3n) is 6.68. The van der Waals surface area contributed by atoms with Gasteiger partial charge in [-0.2, -0.15) is 0 Å². The number of halogens is 1. The van der Waals surface area contributed by atoms with Gasteiger partial charge in [0.2, 0.25) is 11.9 Å². The SMILES string of the molecule is CN(C)C1=Nc2ccccc2C(CC(=O)NCc2ccc(NS(=O)(=O)c3ccc(F)cc3)cc2)N1c1ccccc1. The second kappa shape index (κ2) is 11.8. The molecule has 4 aromatic carbocycles. The first-order chi connectivity index (χ1) is 19.7. The van der Waals surface area contributed by atoms with Crippen LogP contribution in [0.4, 0.5) is 21.5 Å². The lowest BCUT2D eigenvalue weighted by atomic mass is 9.97. The molecule has 2 N–H and O–H groups in total. The van der Waals surface area contributed by atoms with Gasteiger partial charge in [-0.25, -0.2) is 17.8 Å². The third kappa shape index (κ3) is 6.38. The van der Waals surface area contributed by atoms with Crippen molar-refractivity contribution < 1.29 is 17.6 Å². The maximum Gasteiger partial charge on any atom is 0.261 e. The molecule has 0 bridgehead atoms. The maximum absolute atomic E-state index is 13.3. The molecule has 1 aliphatic rings. The van der Waals surface area contributed by atoms with Crippen molar-refractivity contribution in [1.82, 2.24) is 10.2 Å². The minimum Gasteiger partial charge on any atom is -0.352 e. The second-order valence-corrected chi connectivity index (χ2v) is 11.5. The number of benzene rings is 4. The maximum atomic E-state index is 13.3. The van der Waals surface area contributed by atoms with Gasteiger partial charge >= 0.3 is 0 Å². The van der Waals surface area contributed by atoms with Gasteiger partial charge in [0.05, 0.1) is 23.0 Å². The number of nitrogens with zero attached hydrogens (tertiary/aromatic N) is 3. The van der Waals surface area contributed by atoms with Gasteiger partial charge in [-0.1, -0.05) is 48.5 Å². The predicted octanol–water partition coefficient (Wildman–Crippen LogP) is 5.44. The van der Waals surface area contributed by atoms with Crippen LogP contribution in [0.3, 0.4) is 0 Å². The summed E-state index contributed by atoms with van der Waals surface area (Å²) in [7, 11) is 0.0150. The van der Waals surface area contributed by atoms with Crippen LogP contribution in [0.2, 0.25) is 0 Å². The lowest BCUT2D eigenvalue weighted by Crippen LogP contribution is -2.46. The molecule has 5 rings (SSSR count). The van der Waals surface area contributed by atoms with E-state index in [1.54, 1.807) is 24.3 Å². The highest BCUT2D eigenvalue weighted by Gasteiger charge is 2.33. The first-order valence-electron chi connectivity index (χ1n) is 13.0. The molecule has 41 heavy (non-hydrogen) atoms. The first-order valence-corrected chi connectivity index (χ1v) is 14.5. The molecule has 0 spiro atoms. The van der Waals surface area contributed by atoms with Crippen LogP contribution in [-0.2, 0) is 21.4 Å². The Hall–Kier alpha value is -4.70. The number of aliphatic imine (C=N–C) groups is 1. The van der Waals surface area contributed by atoms with E-state index >= 15 is 0 Å². The lowest BCUT2D eigenvalue weighted by molar-refractivity contribution is -0.121. The van der Waals surface area contributed by atoms with E-state index in [-0.39, 0.29) is 29.8 Å². The summed E-state index contributed by atoms with van der Waals surface area (Å²) in [4.78, 5) is 22.2. The van der Waals surface area contributed by atoms with Gasteiger partial charge in [0, 0.05) is 37.6 Å². The highest BCUT2D eigenvalue weighted by molar-refractivity contribution is 7.92. The van der Waals surface area contributed by atoms with E-state index in [0.717, 1.165) is 40.6 Å². The molecule has 0 aliphatic carbocycles. The van der Waals surface area contributed by atoms with Crippen molar-refractivity contribution in [3.63, 3.8) is 0 Å². The topological polar surface area (TPSA) is 94.1 Å². The fourth-order valence-corrected chi connectivity index (χ4v) is 5.74. The van der Waals surface area contributed by atoms with Crippen LogP contribution in [0.15, 0.2) is 113 Å². The molecule has 0 fully saturated rings. The zero-order chi connectivity index (χ0) is 29.0. The zero-order valence-corrected chi connectivity index (χ0v) is 23.5. The Morgan fingerprint density at radius 1 is 0.902 bits per heavy atom. The Morgan fingerprint density at radius 2 is 1.56 bits per heavy atom. The van der Waals surface area contributed by atoms with Crippen molar-refractivity contribution in [1.29, 1.82) is 0 Å². The minimum atomic E-state index is -3.85. The van der Waals surface area contributed by atoms with Crippen LogP contribution in [0.5, 0.6) is 0 Å². The summed E-state index contributed by atoms with van der Waals surface area (Å²) in [6.45, 7) is 0.276. The molecule has 1 amide bonds. The molecule has 0 radical (unpaired) electrons. The fraction of sp³-hybridized carbons (Fsp3) is 0.161. The third-order valence-corrected chi connectivity index (χ3v) is 8.07. The summed E-state index contributed by atoms with van der Waals surface area (Å²) >= 11 is 0. The lowest BCUT2D eigenvalue weighted by Gasteiger charge is -2.40. The van der Waals surface area contributed by atoms with Crippen molar-refractivity contribution in [2.24, 2.45) is 4.99 Å². The molecular formula is C31H30FN5O3S. The van der Waals surface area contributed by atoms with Crippen molar-refractivity contribution in [3.8, 4) is 0 Å². The average Bonchev–Trinajstić information content (AvgIpc) is 2.97. The van der Waals surface area contributed by atoms with Crippen LogP contribution in [0.1, 0.15) is 23.6 Å². The van der Waals surface area contributed by atoms with Crippen molar-refractivity contribution in [2.45, 2.75) is 23.9 Å². The standard InChI is InChI=1S/C31H30FN5O3S/c1-36(2)31-34-28-11-7-6-10-27(28)29(37(31)25-8-4-3-5-9-25)20-30(38)33-21-22-12-16-24(17-13-22)35-41(39,40)26-18-14-23(32)15-19-26/h3-19,29,35H,20-21H2,1-2H3,(H,33,38). The monoisotopic (exact) mass is 571 g/mol. The molecule has 0 saturated heterocycles. The summed E-state index contributed by atoms with van der Waals surface area (Å²) in [5, 5.41) is 3.00. The van der Waals surface area contributed by atoms with Crippen LogP contribution in [0.25, 0.3) is 0 Å². The summed E-state index contributed by atoms with van der Waals surface area (Å²) in [6, 6.07) is 28.8. The smallest absolute Gasteiger partial charge is 0.261 e. The number of sulfonamides is 1. The highest BCUT2D eigenvalue weighted by atomic mass is 32.2. The number of anilines is 2. The molecule has 1 heterocycles. The summed E-state index contributed by atoms with van der Waals surface area (Å²) in [5.41, 5.74) is 3.90. The summed E-state index contributed by atoms with van der Waals surface area (Å²) in [5.74, 6) is 0.0975. The Morgan fingerprint density at radius 3 is 2.24 bits per heavy atom. The van der Waals surface area contributed by atoms with E-state index < -0.39 is 15.8 Å². The van der Waals surface area contributed by atoms with Gasteiger partial charge in [0.25, 0.3) is 10.0 Å². The van der Waals surface area contributed by atoms with Gasteiger partial charge < -0.3 is 15.1 Å². The van der Waals surface area contributed by atoms with Crippen LogP contribution in [-0.4, -0.2) is 39.3 Å². The van der Waals surface area contributed by atoms with Crippen LogP contribution in [0, 0.1) is 5.82 Å². The minimum absolute atomic E-state index is 0.0356.